The van der Waals surface area contributed by atoms with E-state index >= 15 is 0 Å². The lowest BCUT2D eigenvalue weighted by molar-refractivity contribution is 0.184. The second-order valence-electron chi connectivity index (χ2n) is 5.10. The van der Waals surface area contributed by atoms with E-state index in [1.165, 1.54) is 12.1 Å². The molecule has 6 heteroatoms. The molecule has 0 radical (unpaired) electrons. The second kappa shape index (κ2) is 5.68. The van der Waals surface area contributed by atoms with E-state index in [1.54, 1.807) is 12.1 Å². The molecule has 1 atom stereocenters. The van der Waals surface area contributed by atoms with Crippen LogP contribution in [-0.2, 0) is 6.54 Å². The van der Waals surface area contributed by atoms with Crippen LogP contribution in [0.1, 0.15) is 12.8 Å². The minimum atomic E-state index is -0.275. The molecule has 3 rings (SSSR count). The lowest BCUT2D eigenvalue weighted by atomic mass is 10.2. The minimum Gasteiger partial charge on any atom is -0.419 e. The van der Waals surface area contributed by atoms with Crippen molar-refractivity contribution in [1.82, 2.24) is 20.4 Å². The predicted molar refractivity (Wildman–Crippen MR) is 72.4 cm³/mol. The summed E-state index contributed by atoms with van der Waals surface area (Å²) in [5.74, 6) is 0.755. The van der Waals surface area contributed by atoms with Crippen LogP contribution in [0.15, 0.2) is 28.7 Å². The molecule has 5 nitrogen and oxygen atoms in total. The molecule has 20 heavy (non-hydrogen) atoms. The number of hydrogen-bond donors (Lipinski definition) is 1. The first-order valence-corrected chi connectivity index (χ1v) is 6.75. The Hall–Kier alpha value is -1.79. The van der Waals surface area contributed by atoms with Crippen molar-refractivity contribution in [3.05, 3.63) is 36.0 Å². The number of piperazine rings is 1. The Bertz CT molecular complexity index is 569. The second-order valence-corrected chi connectivity index (χ2v) is 5.10. The van der Waals surface area contributed by atoms with Crippen molar-refractivity contribution in [2.24, 2.45) is 0 Å². The summed E-state index contributed by atoms with van der Waals surface area (Å²) in [6.07, 6.45) is 0. The van der Waals surface area contributed by atoms with Gasteiger partial charge in [0, 0.05) is 31.2 Å². The molecule has 1 N–H and O–H groups in total. The van der Waals surface area contributed by atoms with Gasteiger partial charge in [0.15, 0.2) is 0 Å². The molecule has 1 fully saturated rings. The van der Waals surface area contributed by atoms with E-state index in [0.29, 0.717) is 24.4 Å². The Morgan fingerprint density at radius 2 is 2.15 bits per heavy atom. The maximum atomic E-state index is 12.9. The first-order chi connectivity index (χ1) is 9.70. The standard InChI is InChI=1S/C14H17FN4O/c1-10-8-19(7-6-16-10)9-13-17-18-14(20-13)11-2-4-12(15)5-3-11/h2-5,10,16H,6-9H2,1H3/t10-/m1/s1. The van der Waals surface area contributed by atoms with Gasteiger partial charge in [-0.3, -0.25) is 4.90 Å². The summed E-state index contributed by atoms with van der Waals surface area (Å²) in [7, 11) is 0. The number of aromatic nitrogens is 2. The summed E-state index contributed by atoms with van der Waals surface area (Å²) in [5, 5.41) is 11.5. The highest BCUT2D eigenvalue weighted by molar-refractivity contribution is 5.51. The number of hydrogen-bond acceptors (Lipinski definition) is 5. The molecule has 2 heterocycles. The van der Waals surface area contributed by atoms with E-state index in [4.69, 9.17) is 4.42 Å². The highest BCUT2D eigenvalue weighted by Crippen LogP contribution is 2.18. The van der Waals surface area contributed by atoms with Crippen LogP contribution in [0.4, 0.5) is 4.39 Å². The highest BCUT2D eigenvalue weighted by atomic mass is 19.1. The van der Waals surface area contributed by atoms with Gasteiger partial charge in [-0.25, -0.2) is 4.39 Å². The fraction of sp³-hybridized carbons (Fsp3) is 0.429. The largest absolute Gasteiger partial charge is 0.419 e. The molecule has 0 bridgehead atoms. The molecule has 0 spiro atoms. The van der Waals surface area contributed by atoms with Crippen molar-refractivity contribution in [3.8, 4) is 11.5 Å². The van der Waals surface area contributed by atoms with Crippen LogP contribution in [0, 0.1) is 5.82 Å². The number of benzene rings is 1. The molecule has 1 aliphatic rings. The van der Waals surface area contributed by atoms with Gasteiger partial charge in [-0.2, -0.15) is 0 Å². The van der Waals surface area contributed by atoms with E-state index < -0.39 is 0 Å². The third-order valence-corrected chi connectivity index (χ3v) is 3.37. The fourth-order valence-corrected chi connectivity index (χ4v) is 2.37. The molecule has 0 saturated carbocycles. The van der Waals surface area contributed by atoms with Crippen LogP contribution in [0.2, 0.25) is 0 Å². The first kappa shape index (κ1) is 13.2. The summed E-state index contributed by atoms with van der Waals surface area (Å²) in [6.45, 7) is 5.72. The molecule has 0 aliphatic carbocycles. The quantitative estimate of drug-likeness (QED) is 0.924. The Labute approximate surface area is 116 Å². The molecule has 0 amide bonds. The number of nitrogens with zero attached hydrogens (tertiary/aromatic N) is 3. The van der Waals surface area contributed by atoms with Gasteiger partial charge in [0.2, 0.25) is 11.8 Å². The maximum Gasteiger partial charge on any atom is 0.247 e. The van der Waals surface area contributed by atoms with Gasteiger partial charge in [-0.05, 0) is 31.2 Å². The molecule has 0 unspecified atom stereocenters. The molecule has 1 saturated heterocycles. The van der Waals surface area contributed by atoms with Crippen molar-refractivity contribution in [2.75, 3.05) is 19.6 Å². The van der Waals surface area contributed by atoms with Gasteiger partial charge in [-0.1, -0.05) is 0 Å². The Kier molecular flexibility index (Phi) is 3.75. The highest BCUT2D eigenvalue weighted by Gasteiger charge is 2.18. The zero-order valence-electron chi connectivity index (χ0n) is 11.3. The number of halogens is 1. The summed E-state index contributed by atoms with van der Waals surface area (Å²) in [5.41, 5.74) is 0.735. The van der Waals surface area contributed by atoms with Crippen LogP contribution < -0.4 is 5.32 Å². The van der Waals surface area contributed by atoms with Crippen molar-refractivity contribution in [3.63, 3.8) is 0 Å². The molecule has 2 aromatic rings. The maximum absolute atomic E-state index is 12.9. The molecular weight excluding hydrogens is 259 g/mol. The third-order valence-electron chi connectivity index (χ3n) is 3.37. The SMILES string of the molecule is C[C@@H]1CN(Cc2nnc(-c3ccc(F)cc3)o2)CCN1. The van der Waals surface area contributed by atoms with Crippen molar-refractivity contribution in [1.29, 1.82) is 0 Å². The zero-order chi connectivity index (χ0) is 13.9. The molecule has 1 aliphatic heterocycles. The summed E-state index contributed by atoms with van der Waals surface area (Å²) >= 11 is 0. The molecule has 106 valence electrons. The zero-order valence-corrected chi connectivity index (χ0v) is 11.3. The predicted octanol–water partition coefficient (Wildman–Crippen LogP) is 1.67. The molecule has 1 aromatic heterocycles. The normalized spacial score (nSPS) is 20.2. The lowest BCUT2D eigenvalue weighted by Gasteiger charge is -2.30. The Morgan fingerprint density at radius 1 is 1.35 bits per heavy atom. The molecule has 1 aromatic carbocycles. The van der Waals surface area contributed by atoms with Crippen molar-refractivity contribution < 1.29 is 8.81 Å². The van der Waals surface area contributed by atoms with E-state index in [9.17, 15) is 4.39 Å². The van der Waals surface area contributed by atoms with Crippen molar-refractivity contribution in [2.45, 2.75) is 19.5 Å². The summed E-state index contributed by atoms with van der Waals surface area (Å²) < 4.78 is 18.5. The first-order valence-electron chi connectivity index (χ1n) is 6.75. The van der Waals surface area contributed by atoms with Crippen LogP contribution in [0.25, 0.3) is 11.5 Å². The summed E-state index contributed by atoms with van der Waals surface area (Å²) in [6, 6.07) is 6.52. The van der Waals surface area contributed by atoms with Crippen molar-refractivity contribution >= 4 is 0 Å². The van der Waals surface area contributed by atoms with E-state index in [2.05, 4.69) is 27.3 Å². The van der Waals surface area contributed by atoms with E-state index in [1.807, 2.05) is 0 Å². The van der Waals surface area contributed by atoms with E-state index in [-0.39, 0.29) is 5.82 Å². The third kappa shape index (κ3) is 3.02. The number of nitrogens with one attached hydrogen (secondary N) is 1. The topological polar surface area (TPSA) is 54.2 Å². The van der Waals surface area contributed by atoms with Crippen LogP contribution >= 0.6 is 0 Å². The average molecular weight is 276 g/mol. The molecular formula is C14H17FN4O. The smallest absolute Gasteiger partial charge is 0.247 e. The van der Waals surface area contributed by atoms with Gasteiger partial charge >= 0.3 is 0 Å². The van der Waals surface area contributed by atoms with E-state index in [0.717, 1.165) is 25.2 Å². The fourth-order valence-electron chi connectivity index (χ4n) is 2.37. The Morgan fingerprint density at radius 3 is 2.90 bits per heavy atom. The summed E-state index contributed by atoms with van der Waals surface area (Å²) in [4.78, 5) is 2.28. The minimum absolute atomic E-state index is 0.275. The number of rotatable bonds is 3. The van der Waals surface area contributed by atoms with Crippen LogP contribution in [0.3, 0.4) is 0 Å². The monoisotopic (exact) mass is 276 g/mol. The van der Waals surface area contributed by atoms with Gasteiger partial charge in [0.25, 0.3) is 0 Å². The Balaban J connectivity index is 1.69. The lowest BCUT2D eigenvalue weighted by Crippen LogP contribution is -2.48. The van der Waals surface area contributed by atoms with Gasteiger partial charge in [0.05, 0.1) is 6.54 Å². The van der Waals surface area contributed by atoms with Crippen LogP contribution in [0.5, 0.6) is 0 Å². The van der Waals surface area contributed by atoms with Crippen LogP contribution in [-0.4, -0.2) is 40.8 Å². The average Bonchev–Trinajstić information content (AvgIpc) is 2.88. The van der Waals surface area contributed by atoms with Gasteiger partial charge < -0.3 is 9.73 Å². The van der Waals surface area contributed by atoms with Gasteiger partial charge in [0.1, 0.15) is 5.82 Å². The van der Waals surface area contributed by atoms with Gasteiger partial charge in [-0.15, -0.1) is 10.2 Å².